The van der Waals surface area contributed by atoms with Gasteiger partial charge in [0, 0.05) is 5.04 Å². The van der Waals surface area contributed by atoms with E-state index in [1.54, 1.807) is 60.7 Å². The lowest BCUT2D eigenvalue weighted by Crippen LogP contribution is -2.10. The van der Waals surface area contributed by atoms with E-state index in [2.05, 4.69) is 14.8 Å². The van der Waals surface area contributed by atoms with Crippen molar-refractivity contribution in [3.8, 4) is 0 Å². The molecule has 0 bridgehead atoms. The second-order valence-corrected chi connectivity index (χ2v) is 3.54. The molecule has 0 aromatic heterocycles. The molecule has 0 aliphatic carbocycles. The quantitative estimate of drug-likeness (QED) is 0.680. The van der Waals surface area contributed by atoms with Crippen molar-refractivity contribution in [2.45, 2.75) is 0 Å². The minimum atomic E-state index is -0.749. The zero-order valence-electron chi connectivity index (χ0n) is 10.5. The maximum absolute atomic E-state index is 11.4. The Labute approximate surface area is 115 Å². The lowest BCUT2D eigenvalue weighted by Gasteiger charge is -2.02. The highest BCUT2D eigenvalue weighted by atomic mass is 17.5. The molecule has 3 N–H and O–H groups in total. The minimum absolute atomic E-state index is 0. The van der Waals surface area contributed by atoms with Crippen LogP contribution in [0.4, 0.5) is 0 Å². The third kappa shape index (κ3) is 4.20. The number of carbonyl (C=O) groups is 2. The normalized spacial score (nSPS) is 9.20. The molecule has 0 radical (unpaired) electrons. The zero-order valence-corrected chi connectivity index (χ0v) is 10.5. The van der Waals surface area contributed by atoms with Gasteiger partial charge in [0.05, 0.1) is 11.1 Å². The summed E-state index contributed by atoms with van der Waals surface area (Å²) in [6.07, 6.45) is 0. The molecule has 0 fully saturated rings. The number of rotatable bonds is 4. The van der Waals surface area contributed by atoms with Crippen LogP contribution in [-0.2, 0) is 14.8 Å². The summed E-state index contributed by atoms with van der Waals surface area (Å²) < 4.78 is 0. The molecule has 0 heterocycles. The highest BCUT2D eigenvalue weighted by Crippen LogP contribution is 2.04. The predicted octanol–water partition coefficient (Wildman–Crippen LogP) is 2.71. The largest absolute Gasteiger partial charge is 0.377 e. The Morgan fingerprint density at radius 1 is 0.650 bits per heavy atom. The SMILES string of the molecule is N.O=C(OOOC(=O)c1ccccc1)c1ccccc1. The molecule has 2 rings (SSSR count). The van der Waals surface area contributed by atoms with Crippen LogP contribution in [0.25, 0.3) is 0 Å². The smallest absolute Gasteiger partial charge is 0.344 e. The summed E-state index contributed by atoms with van der Waals surface area (Å²) in [6, 6.07) is 16.4. The van der Waals surface area contributed by atoms with Gasteiger partial charge in [-0.25, -0.2) is 9.59 Å². The van der Waals surface area contributed by atoms with Crippen LogP contribution in [0, 0.1) is 0 Å². The zero-order chi connectivity index (χ0) is 13.5. The van der Waals surface area contributed by atoms with Gasteiger partial charge in [0.25, 0.3) is 0 Å². The molecule has 0 aliphatic rings. The Morgan fingerprint density at radius 2 is 1.00 bits per heavy atom. The van der Waals surface area contributed by atoms with Crippen molar-refractivity contribution in [1.82, 2.24) is 6.15 Å². The molecule has 6 nitrogen and oxygen atoms in total. The fourth-order valence-electron chi connectivity index (χ4n) is 1.32. The van der Waals surface area contributed by atoms with Gasteiger partial charge in [0.2, 0.25) is 0 Å². The van der Waals surface area contributed by atoms with Gasteiger partial charge in [-0.05, 0) is 24.3 Å². The summed E-state index contributed by atoms with van der Waals surface area (Å²) >= 11 is 0. The Hall–Kier alpha value is -2.70. The summed E-state index contributed by atoms with van der Waals surface area (Å²) in [5.41, 5.74) is 0.580. The van der Waals surface area contributed by atoms with Gasteiger partial charge in [-0.1, -0.05) is 36.4 Å². The number of hydrogen-bond donors (Lipinski definition) is 1. The van der Waals surface area contributed by atoms with Crippen LogP contribution in [-0.4, -0.2) is 11.9 Å². The van der Waals surface area contributed by atoms with Gasteiger partial charge in [-0.15, -0.1) is 0 Å². The minimum Gasteiger partial charge on any atom is -0.344 e. The first-order valence-electron chi connectivity index (χ1n) is 5.47. The summed E-state index contributed by atoms with van der Waals surface area (Å²) in [7, 11) is 0. The maximum Gasteiger partial charge on any atom is 0.377 e. The average Bonchev–Trinajstić information content (AvgIpc) is 2.49. The van der Waals surface area contributed by atoms with Gasteiger partial charge in [0.1, 0.15) is 0 Å². The second kappa shape index (κ2) is 7.67. The molecule has 2 aromatic carbocycles. The lowest BCUT2D eigenvalue weighted by atomic mass is 10.2. The number of carbonyl (C=O) groups excluding carboxylic acids is 2. The molecule has 0 saturated carbocycles. The molecule has 0 atom stereocenters. The van der Waals surface area contributed by atoms with Crippen LogP contribution in [0.15, 0.2) is 60.7 Å². The standard InChI is InChI=1S/C14H10O5.H3N/c15-13(11-7-3-1-4-8-11)17-19-18-14(16)12-9-5-2-6-10-12;/h1-10H;1H3. The highest BCUT2D eigenvalue weighted by Gasteiger charge is 2.11. The molecule has 0 spiro atoms. The van der Waals surface area contributed by atoms with E-state index in [0.717, 1.165) is 0 Å². The van der Waals surface area contributed by atoms with Gasteiger partial charge < -0.3 is 6.15 Å². The van der Waals surface area contributed by atoms with Crippen molar-refractivity contribution in [1.29, 1.82) is 0 Å². The Morgan fingerprint density at radius 3 is 1.35 bits per heavy atom. The van der Waals surface area contributed by atoms with Crippen LogP contribution < -0.4 is 6.15 Å². The molecule has 0 amide bonds. The van der Waals surface area contributed by atoms with Crippen LogP contribution in [0.1, 0.15) is 20.7 Å². The lowest BCUT2D eigenvalue weighted by molar-refractivity contribution is -0.446. The van der Waals surface area contributed by atoms with E-state index >= 15 is 0 Å². The van der Waals surface area contributed by atoms with E-state index in [0.29, 0.717) is 11.1 Å². The topological polar surface area (TPSA) is 96.8 Å². The van der Waals surface area contributed by atoms with Crippen molar-refractivity contribution in [3.05, 3.63) is 71.8 Å². The molecule has 104 valence electrons. The molecule has 20 heavy (non-hydrogen) atoms. The first-order chi connectivity index (χ1) is 9.27. The van der Waals surface area contributed by atoms with Gasteiger partial charge in [-0.3, -0.25) is 9.78 Å². The fraction of sp³-hybridized carbons (Fsp3) is 0. The third-order valence-corrected chi connectivity index (χ3v) is 2.24. The molecule has 0 aliphatic heterocycles. The summed E-state index contributed by atoms with van der Waals surface area (Å²) in [6.45, 7) is 0. The Kier molecular flexibility index (Phi) is 5.89. The molecule has 2 aromatic rings. The molecule has 0 saturated heterocycles. The van der Waals surface area contributed by atoms with Crippen molar-refractivity contribution >= 4 is 11.9 Å². The van der Waals surface area contributed by atoms with Crippen molar-refractivity contribution in [2.24, 2.45) is 0 Å². The van der Waals surface area contributed by atoms with Crippen LogP contribution in [0.2, 0.25) is 0 Å². The van der Waals surface area contributed by atoms with E-state index in [9.17, 15) is 9.59 Å². The first kappa shape index (κ1) is 15.4. The van der Waals surface area contributed by atoms with Crippen LogP contribution >= 0.6 is 0 Å². The molecule has 0 unspecified atom stereocenters. The van der Waals surface area contributed by atoms with E-state index in [1.165, 1.54) is 0 Å². The number of benzene rings is 2. The van der Waals surface area contributed by atoms with Crippen molar-refractivity contribution in [3.63, 3.8) is 0 Å². The maximum atomic E-state index is 11.4. The third-order valence-electron chi connectivity index (χ3n) is 2.24. The van der Waals surface area contributed by atoms with Gasteiger partial charge >= 0.3 is 11.9 Å². The Balaban J connectivity index is 0.00000200. The molecular weight excluding hydrogens is 262 g/mol. The fourth-order valence-corrected chi connectivity index (χ4v) is 1.32. The van der Waals surface area contributed by atoms with Gasteiger partial charge in [0.15, 0.2) is 0 Å². The molecular formula is C14H13NO5. The van der Waals surface area contributed by atoms with Crippen molar-refractivity contribution < 1.29 is 24.4 Å². The first-order valence-corrected chi connectivity index (χ1v) is 5.47. The van der Waals surface area contributed by atoms with Gasteiger partial charge in [-0.2, -0.15) is 0 Å². The summed E-state index contributed by atoms with van der Waals surface area (Å²) in [5.74, 6) is -1.50. The van der Waals surface area contributed by atoms with Crippen LogP contribution in [0.5, 0.6) is 0 Å². The predicted molar refractivity (Wildman–Crippen MR) is 69.8 cm³/mol. The summed E-state index contributed by atoms with van der Waals surface area (Å²) in [4.78, 5) is 31.5. The average molecular weight is 275 g/mol. The van der Waals surface area contributed by atoms with Crippen LogP contribution in [0.3, 0.4) is 0 Å². The van der Waals surface area contributed by atoms with E-state index < -0.39 is 11.9 Å². The van der Waals surface area contributed by atoms with E-state index in [-0.39, 0.29) is 6.15 Å². The van der Waals surface area contributed by atoms with E-state index in [4.69, 9.17) is 0 Å². The number of hydrogen-bond acceptors (Lipinski definition) is 6. The highest BCUT2D eigenvalue weighted by molar-refractivity contribution is 5.89. The monoisotopic (exact) mass is 275 g/mol. The summed E-state index contributed by atoms with van der Waals surface area (Å²) in [5, 5.41) is 4.17. The van der Waals surface area contributed by atoms with E-state index in [1.807, 2.05) is 0 Å². The Bertz CT molecular complexity index is 505. The second-order valence-electron chi connectivity index (χ2n) is 3.54. The van der Waals surface area contributed by atoms with Crippen molar-refractivity contribution in [2.75, 3.05) is 0 Å². The molecule has 6 heteroatoms.